The molecular weight excluding hydrogens is 422 g/mol. The lowest BCUT2D eigenvalue weighted by atomic mass is 10.3. The van der Waals surface area contributed by atoms with Crippen LogP contribution in [0.4, 0.5) is 17.1 Å². The van der Waals surface area contributed by atoms with E-state index < -0.39 is 10.0 Å². The fourth-order valence-corrected chi connectivity index (χ4v) is 3.91. The Hall–Kier alpha value is -3.30. The van der Waals surface area contributed by atoms with Gasteiger partial charge in [-0.1, -0.05) is 12.1 Å². The van der Waals surface area contributed by atoms with E-state index in [0.29, 0.717) is 28.0 Å². The van der Waals surface area contributed by atoms with Crippen LogP contribution < -0.4 is 24.8 Å². The fourth-order valence-electron chi connectivity index (χ4n) is 2.62. The minimum absolute atomic E-state index is 0.132. The van der Waals surface area contributed by atoms with E-state index in [2.05, 4.69) is 15.4 Å². The molecule has 0 heterocycles. The van der Waals surface area contributed by atoms with Gasteiger partial charge in [0.2, 0.25) is 0 Å². The van der Waals surface area contributed by atoms with E-state index in [1.165, 1.54) is 12.1 Å². The molecule has 0 aromatic heterocycles. The molecule has 0 aliphatic heterocycles. The highest BCUT2D eigenvalue weighted by Crippen LogP contribution is 2.24. The van der Waals surface area contributed by atoms with Crippen LogP contribution in [0.5, 0.6) is 11.5 Å². The van der Waals surface area contributed by atoms with E-state index >= 15 is 0 Å². The van der Waals surface area contributed by atoms with E-state index in [1.807, 2.05) is 24.3 Å². The van der Waals surface area contributed by atoms with Crippen LogP contribution in [0.15, 0.2) is 77.7 Å². The van der Waals surface area contributed by atoms with Crippen molar-refractivity contribution in [2.24, 2.45) is 0 Å². The van der Waals surface area contributed by atoms with Crippen molar-refractivity contribution in [2.75, 3.05) is 29.6 Å². The van der Waals surface area contributed by atoms with Gasteiger partial charge in [-0.3, -0.25) is 4.72 Å². The first-order valence-corrected chi connectivity index (χ1v) is 10.8. The van der Waals surface area contributed by atoms with Crippen molar-refractivity contribution in [1.82, 2.24) is 0 Å². The second-order valence-corrected chi connectivity index (χ2v) is 8.23. The van der Waals surface area contributed by atoms with Crippen molar-refractivity contribution in [3.05, 3.63) is 72.8 Å². The van der Waals surface area contributed by atoms with Crippen molar-refractivity contribution < 1.29 is 17.9 Å². The molecule has 0 aliphatic carbocycles. The maximum atomic E-state index is 12.6. The van der Waals surface area contributed by atoms with Gasteiger partial charge in [-0.2, -0.15) is 0 Å². The summed E-state index contributed by atoms with van der Waals surface area (Å²) in [5.74, 6) is 1.30. The molecule has 3 aromatic rings. The summed E-state index contributed by atoms with van der Waals surface area (Å²) in [5.41, 5.74) is 1.81. The molecule has 0 atom stereocenters. The number of methoxy groups -OCH3 is 2. The molecule has 0 bridgehead atoms. The van der Waals surface area contributed by atoms with Crippen molar-refractivity contribution in [3.63, 3.8) is 0 Å². The number of nitrogens with one attached hydrogen (secondary N) is 3. The molecule has 3 N–H and O–H groups in total. The summed E-state index contributed by atoms with van der Waals surface area (Å²) in [7, 11) is -0.592. The Bertz CT molecular complexity index is 1120. The van der Waals surface area contributed by atoms with Crippen LogP contribution in [0.2, 0.25) is 0 Å². The van der Waals surface area contributed by atoms with Crippen LogP contribution in [0.1, 0.15) is 0 Å². The number of sulfonamides is 1. The molecule has 0 saturated carbocycles. The Kier molecular flexibility index (Phi) is 6.76. The normalized spacial score (nSPS) is 10.7. The van der Waals surface area contributed by atoms with Gasteiger partial charge in [-0.25, -0.2) is 8.42 Å². The zero-order valence-corrected chi connectivity index (χ0v) is 18.0. The third-order valence-corrected chi connectivity index (χ3v) is 5.72. The second-order valence-electron chi connectivity index (χ2n) is 6.14. The number of para-hydroxylation sites is 2. The highest BCUT2D eigenvalue weighted by molar-refractivity contribution is 7.92. The molecule has 30 heavy (non-hydrogen) atoms. The van der Waals surface area contributed by atoms with Crippen LogP contribution in [-0.2, 0) is 10.0 Å². The smallest absolute Gasteiger partial charge is 0.261 e. The summed E-state index contributed by atoms with van der Waals surface area (Å²) < 4.78 is 38.1. The lowest BCUT2D eigenvalue weighted by molar-refractivity contribution is 0.415. The number of hydrogen-bond donors (Lipinski definition) is 3. The Labute approximate surface area is 181 Å². The number of ether oxygens (including phenoxy) is 2. The molecule has 0 spiro atoms. The Morgan fingerprint density at radius 2 is 1.43 bits per heavy atom. The molecule has 0 radical (unpaired) electrons. The van der Waals surface area contributed by atoms with E-state index in [9.17, 15) is 8.42 Å². The predicted octanol–water partition coefficient (Wildman–Crippen LogP) is 4.31. The SMILES string of the molecule is COc1ccc(NS(=O)(=O)c2ccc(NC(=S)Nc3ccccc3OC)cc2)cc1. The van der Waals surface area contributed by atoms with Gasteiger partial charge in [-0.05, 0) is 72.9 Å². The number of hydrogen-bond acceptors (Lipinski definition) is 5. The first-order valence-electron chi connectivity index (χ1n) is 8.89. The average Bonchev–Trinajstić information content (AvgIpc) is 2.75. The Morgan fingerprint density at radius 3 is 2.07 bits per heavy atom. The van der Waals surface area contributed by atoms with E-state index in [0.717, 1.165) is 5.69 Å². The monoisotopic (exact) mass is 443 g/mol. The molecule has 7 nitrogen and oxygen atoms in total. The van der Waals surface area contributed by atoms with E-state index in [-0.39, 0.29) is 4.90 Å². The van der Waals surface area contributed by atoms with Crippen molar-refractivity contribution >= 4 is 44.4 Å². The summed E-state index contributed by atoms with van der Waals surface area (Å²) in [4.78, 5) is 0.132. The maximum Gasteiger partial charge on any atom is 0.261 e. The average molecular weight is 444 g/mol. The first-order chi connectivity index (χ1) is 14.4. The molecule has 0 fully saturated rings. The molecule has 156 valence electrons. The molecular formula is C21H21N3O4S2. The van der Waals surface area contributed by atoms with Crippen molar-refractivity contribution in [1.29, 1.82) is 0 Å². The van der Waals surface area contributed by atoms with Crippen molar-refractivity contribution in [3.8, 4) is 11.5 Å². The summed E-state index contributed by atoms with van der Waals surface area (Å²) >= 11 is 5.32. The number of rotatable bonds is 7. The Balaban J connectivity index is 1.65. The molecule has 0 aliphatic rings. The fraction of sp³-hybridized carbons (Fsp3) is 0.0952. The quantitative estimate of drug-likeness (QED) is 0.469. The zero-order valence-electron chi connectivity index (χ0n) is 16.4. The summed E-state index contributed by atoms with van der Waals surface area (Å²) in [5, 5.41) is 6.42. The Morgan fingerprint density at radius 1 is 0.800 bits per heavy atom. The largest absolute Gasteiger partial charge is 0.497 e. The second kappa shape index (κ2) is 9.47. The minimum Gasteiger partial charge on any atom is -0.497 e. The molecule has 0 amide bonds. The van der Waals surface area contributed by atoms with Gasteiger partial charge in [0.1, 0.15) is 11.5 Å². The highest BCUT2D eigenvalue weighted by Gasteiger charge is 2.14. The molecule has 3 rings (SSSR count). The topological polar surface area (TPSA) is 88.7 Å². The van der Waals surface area contributed by atoms with Crippen molar-refractivity contribution in [2.45, 2.75) is 4.90 Å². The molecule has 9 heteroatoms. The number of benzene rings is 3. The van der Waals surface area contributed by atoms with Gasteiger partial charge in [0, 0.05) is 11.4 Å². The minimum atomic E-state index is -3.72. The van der Waals surface area contributed by atoms with Crippen LogP contribution in [0.3, 0.4) is 0 Å². The third-order valence-electron chi connectivity index (χ3n) is 4.12. The van der Waals surface area contributed by atoms with Gasteiger partial charge >= 0.3 is 0 Å². The zero-order chi connectivity index (χ0) is 21.6. The van der Waals surface area contributed by atoms with E-state index in [1.54, 1.807) is 50.6 Å². The maximum absolute atomic E-state index is 12.6. The molecule has 3 aromatic carbocycles. The predicted molar refractivity (Wildman–Crippen MR) is 123 cm³/mol. The summed E-state index contributed by atoms with van der Waals surface area (Å²) in [6.07, 6.45) is 0. The standard InChI is InChI=1S/C21H21N3O4S2/c1-27-17-11-7-16(8-12-17)24-30(25,26)18-13-9-15(10-14-18)22-21(29)23-19-5-3-4-6-20(19)28-2/h3-14,24H,1-2H3,(H2,22,23,29). The van der Waals surface area contributed by atoms with Gasteiger partial charge in [0.05, 0.1) is 24.8 Å². The first kappa shape index (κ1) is 21.4. The van der Waals surface area contributed by atoms with E-state index in [4.69, 9.17) is 21.7 Å². The molecule has 0 saturated heterocycles. The summed E-state index contributed by atoms with van der Waals surface area (Å²) in [6.45, 7) is 0. The number of thiocarbonyl (C=S) groups is 1. The lowest BCUT2D eigenvalue weighted by Crippen LogP contribution is -2.19. The van der Waals surface area contributed by atoms with Crippen LogP contribution in [0.25, 0.3) is 0 Å². The van der Waals surface area contributed by atoms with Gasteiger partial charge in [-0.15, -0.1) is 0 Å². The van der Waals surface area contributed by atoms with Crippen LogP contribution in [0, 0.1) is 0 Å². The lowest BCUT2D eigenvalue weighted by Gasteiger charge is -2.14. The van der Waals surface area contributed by atoms with Crippen LogP contribution >= 0.6 is 12.2 Å². The van der Waals surface area contributed by atoms with Gasteiger partial charge in [0.15, 0.2) is 5.11 Å². The van der Waals surface area contributed by atoms with Crippen LogP contribution in [-0.4, -0.2) is 27.7 Å². The molecule has 0 unspecified atom stereocenters. The third kappa shape index (κ3) is 5.40. The summed E-state index contributed by atoms with van der Waals surface area (Å²) in [6, 6.07) is 20.3. The van der Waals surface area contributed by atoms with Gasteiger partial charge < -0.3 is 20.1 Å². The van der Waals surface area contributed by atoms with Gasteiger partial charge in [0.25, 0.3) is 10.0 Å². The highest BCUT2D eigenvalue weighted by atomic mass is 32.2. The number of anilines is 3.